The molecule has 0 saturated heterocycles. The van der Waals surface area contributed by atoms with E-state index in [-0.39, 0.29) is 6.61 Å². The molecule has 0 aliphatic carbocycles. The fourth-order valence-electron chi connectivity index (χ4n) is 2.12. The first-order valence-electron chi connectivity index (χ1n) is 6.46. The summed E-state index contributed by atoms with van der Waals surface area (Å²) in [5.74, 6) is 0.683. The van der Waals surface area contributed by atoms with Crippen LogP contribution in [0, 0.1) is 0 Å². The van der Waals surface area contributed by atoms with Crippen molar-refractivity contribution in [2.24, 2.45) is 0 Å². The summed E-state index contributed by atoms with van der Waals surface area (Å²) >= 11 is 9.64. The van der Waals surface area contributed by atoms with E-state index in [0.717, 1.165) is 15.8 Å². The summed E-state index contributed by atoms with van der Waals surface area (Å²) in [6, 6.07) is 4.10. The monoisotopic (exact) mass is 339 g/mol. The number of likely N-dealkylation sites (N-methyl/N-ethyl adjacent to an activating group) is 1. The topological polar surface area (TPSA) is 49.2 Å². The van der Waals surface area contributed by atoms with Gasteiger partial charge in [0.25, 0.3) is 0 Å². The molecule has 3 heterocycles. The molecule has 0 aromatic carbocycles. The van der Waals surface area contributed by atoms with Crippen LogP contribution >= 0.6 is 34.3 Å². The zero-order chi connectivity index (χ0) is 14.8. The summed E-state index contributed by atoms with van der Waals surface area (Å²) in [5, 5.41) is 14.5. The van der Waals surface area contributed by atoms with Crippen molar-refractivity contribution in [3.63, 3.8) is 0 Å². The number of hydrogen-bond acceptors (Lipinski definition) is 6. The van der Waals surface area contributed by atoms with E-state index in [0.29, 0.717) is 24.1 Å². The Morgan fingerprint density at radius 3 is 2.90 bits per heavy atom. The number of aliphatic hydroxyl groups excluding tert-OH is 1. The van der Waals surface area contributed by atoms with Gasteiger partial charge in [-0.3, -0.25) is 4.90 Å². The van der Waals surface area contributed by atoms with Crippen LogP contribution in [-0.4, -0.2) is 40.2 Å². The molecule has 0 amide bonds. The minimum Gasteiger partial charge on any atom is -0.395 e. The largest absolute Gasteiger partial charge is 0.395 e. The van der Waals surface area contributed by atoms with Gasteiger partial charge in [-0.2, -0.15) is 0 Å². The van der Waals surface area contributed by atoms with Crippen molar-refractivity contribution in [1.29, 1.82) is 0 Å². The lowest BCUT2D eigenvalue weighted by Crippen LogP contribution is -2.22. The van der Waals surface area contributed by atoms with Gasteiger partial charge in [-0.25, -0.2) is 9.97 Å². The lowest BCUT2D eigenvalue weighted by atomic mass is 10.2. The van der Waals surface area contributed by atoms with E-state index in [1.54, 1.807) is 22.7 Å². The number of thiophene rings is 2. The van der Waals surface area contributed by atoms with Gasteiger partial charge >= 0.3 is 0 Å². The van der Waals surface area contributed by atoms with E-state index in [2.05, 4.69) is 21.4 Å². The molecule has 3 aromatic heterocycles. The Kier molecular flexibility index (Phi) is 4.51. The van der Waals surface area contributed by atoms with Crippen LogP contribution in [0.5, 0.6) is 0 Å². The van der Waals surface area contributed by atoms with Crippen molar-refractivity contribution in [2.45, 2.75) is 6.54 Å². The third kappa shape index (κ3) is 3.09. The molecule has 3 aromatic rings. The van der Waals surface area contributed by atoms with Gasteiger partial charge in [0, 0.05) is 22.4 Å². The average molecular weight is 340 g/mol. The highest BCUT2D eigenvalue weighted by Crippen LogP contribution is 2.38. The Balaban J connectivity index is 1.99. The molecule has 0 atom stereocenters. The molecule has 0 fully saturated rings. The van der Waals surface area contributed by atoms with Crippen molar-refractivity contribution in [3.05, 3.63) is 33.9 Å². The van der Waals surface area contributed by atoms with Crippen LogP contribution in [0.15, 0.2) is 22.9 Å². The maximum absolute atomic E-state index is 8.94. The molecule has 7 heteroatoms. The number of nitrogens with zero attached hydrogens (tertiary/aromatic N) is 3. The molecule has 21 heavy (non-hydrogen) atoms. The van der Waals surface area contributed by atoms with Crippen LogP contribution in [0.3, 0.4) is 0 Å². The maximum Gasteiger partial charge on any atom is 0.145 e. The van der Waals surface area contributed by atoms with Gasteiger partial charge in [0.05, 0.1) is 18.5 Å². The summed E-state index contributed by atoms with van der Waals surface area (Å²) in [4.78, 5) is 13.1. The molecular formula is C14H14ClN3OS2. The Morgan fingerprint density at radius 1 is 1.33 bits per heavy atom. The zero-order valence-electron chi connectivity index (χ0n) is 11.4. The maximum atomic E-state index is 8.94. The summed E-state index contributed by atoms with van der Waals surface area (Å²) < 4.78 is 0. The number of aromatic nitrogens is 2. The lowest BCUT2D eigenvalue weighted by molar-refractivity contribution is 0.215. The minimum absolute atomic E-state index is 0.119. The van der Waals surface area contributed by atoms with Crippen molar-refractivity contribution in [3.8, 4) is 10.4 Å². The average Bonchev–Trinajstić information content (AvgIpc) is 3.06. The summed E-state index contributed by atoms with van der Waals surface area (Å²) in [5.41, 5.74) is 1.10. The third-order valence-electron chi connectivity index (χ3n) is 3.12. The van der Waals surface area contributed by atoms with E-state index in [4.69, 9.17) is 16.7 Å². The van der Waals surface area contributed by atoms with Crippen LogP contribution in [0.1, 0.15) is 5.82 Å². The van der Waals surface area contributed by atoms with Gasteiger partial charge in [0.1, 0.15) is 15.8 Å². The van der Waals surface area contributed by atoms with Crippen LogP contribution in [0.2, 0.25) is 5.15 Å². The van der Waals surface area contributed by atoms with Crippen molar-refractivity contribution < 1.29 is 5.11 Å². The highest BCUT2D eigenvalue weighted by atomic mass is 35.5. The molecule has 0 radical (unpaired) electrons. The highest BCUT2D eigenvalue weighted by molar-refractivity contribution is 7.18. The second-order valence-corrected chi connectivity index (χ2v) is 6.86. The number of halogens is 1. The second-order valence-electron chi connectivity index (χ2n) is 4.70. The first-order valence-corrected chi connectivity index (χ1v) is 8.59. The van der Waals surface area contributed by atoms with Gasteiger partial charge in [-0.1, -0.05) is 17.7 Å². The van der Waals surface area contributed by atoms with Crippen LogP contribution in [0.4, 0.5) is 0 Å². The fourth-order valence-corrected chi connectivity index (χ4v) is 4.24. The molecule has 110 valence electrons. The minimum atomic E-state index is 0.119. The van der Waals surface area contributed by atoms with E-state index >= 15 is 0 Å². The summed E-state index contributed by atoms with van der Waals surface area (Å²) in [7, 11) is 1.92. The molecule has 0 saturated carbocycles. The summed E-state index contributed by atoms with van der Waals surface area (Å²) in [6.45, 7) is 1.28. The molecule has 0 bridgehead atoms. The highest BCUT2D eigenvalue weighted by Gasteiger charge is 2.15. The molecule has 0 aliphatic heterocycles. The Bertz CT molecular complexity index is 742. The van der Waals surface area contributed by atoms with E-state index in [1.807, 2.05) is 23.4 Å². The molecule has 0 aliphatic rings. The molecule has 4 nitrogen and oxygen atoms in total. The van der Waals surface area contributed by atoms with Crippen molar-refractivity contribution in [1.82, 2.24) is 14.9 Å². The smallest absolute Gasteiger partial charge is 0.145 e. The third-order valence-corrected chi connectivity index (χ3v) is 5.16. The predicted octanol–water partition coefficient (Wildman–Crippen LogP) is 3.50. The van der Waals surface area contributed by atoms with E-state index in [1.165, 1.54) is 4.88 Å². The van der Waals surface area contributed by atoms with Crippen LogP contribution in [-0.2, 0) is 6.54 Å². The number of rotatable bonds is 5. The first kappa shape index (κ1) is 14.9. The predicted molar refractivity (Wildman–Crippen MR) is 89.2 cm³/mol. The van der Waals surface area contributed by atoms with Gasteiger partial charge in [-0.15, -0.1) is 22.7 Å². The zero-order valence-corrected chi connectivity index (χ0v) is 13.8. The van der Waals surface area contributed by atoms with Gasteiger partial charge in [0.15, 0.2) is 0 Å². The summed E-state index contributed by atoms with van der Waals surface area (Å²) in [6.07, 6.45) is 0. The quantitative estimate of drug-likeness (QED) is 0.723. The SMILES string of the molecule is CN(CCO)Cc1nc(Cl)c2c(-c3cccs3)csc2n1. The standard InChI is InChI=1S/C14H14ClN3OS2/c1-18(4-5-19)7-11-16-13(15)12-9(8-21-14(12)17-11)10-3-2-6-20-10/h2-3,6,8,19H,4-5,7H2,1H3. The van der Waals surface area contributed by atoms with Crippen molar-refractivity contribution in [2.75, 3.05) is 20.2 Å². The second kappa shape index (κ2) is 6.37. The van der Waals surface area contributed by atoms with Crippen molar-refractivity contribution >= 4 is 44.5 Å². The Morgan fingerprint density at radius 2 is 2.19 bits per heavy atom. The fraction of sp³-hybridized carbons (Fsp3) is 0.286. The molecule has 0 spiro atoms. The number of fused-ring (bicyclic) bond motifs is 1. The van der Waals surface area contributed by atoms with E-state index in [9.17, 15) is 0 Å². The lowest BCUT2D eigenvalue weighted by Gasteiger charge is -2.13. The molecule has 3 rings (SSSR count). The molecule has 0 unspecified atom stereocenters. The van der Waals surface area contributed by atoms with Gasteiger partial charge in [0.2, 0.25) is 0 Å². The molecule has 1 N–H and O–H groups in total. The Labute approximate surface area is 135 Å². The van der Waals surface area contributed by atoms with E-state index < -0.39 is 0 Å². The van der Waals surface area contributed by atoms with Crippen LogP contribution in [0.25, 0.3) is 20.7 Å². The first-order chi connectivity index (χ1) is 10.2. The molecular weight excluding hydrogens is 326 g/mol. The normalized spacial score (nSPS) is 11.6. The van der Waals surface area contributed by atoms with Gasteiger partial charge in [-0.05, 0) is 18.5 Å². The van der Waals surface area contributed by atoms with Gasteiger partial charge < -0.3 is 5.11 Å². The Hall–Kier alpha value is -1.05. The van der Waals surface area contributed by atoms with Crippen LogP contribution < -0.4 is 0 Å². The number of aliphatic hydroxyl groups is 1. The number of hydrogen-bond donors (Lipinski definition) is 1.